The van der Waals surface area contributed by atoms with E-state index in [-0.39, 0.29) is 0 Å². The van der Waals surface area contributed by atoms with Gasteiger partial charge in [-0.1, -0.05) is 31.9 Å². The molecule has 2 rings (SSSR count). The summed E-state index contributed by atoms with van der Waals surface area (Å²) < 4.78 is 7.97. The fraction of sp³-hybridized carbons (Fsp3) is 0.214. The van der Waals surface area contributed by atoms with Gasteiger partial charge in [0, 0.05) is 37.8 Å². The molecule has 0 aliphatic heterocycles. The molecule has 100 valence electrons. The Hall–Kier alpha value is -0.390. The van der Waals surface area contributed by atoms with Gasteiger partial charge in [0.15, 0.2) is 0 Å². The minimum atomic E-state index is 0.509. The first-order valence-electron chi connectivity index (χ1n) is 5.67. The molecule has 1 aromatic carbocycles. The van der Waals surface area contributed by atoms with Crippen LogP contribution in [0, 0.1) is 6.92 Å². The van der Waals surface area contributed by atoms with E-state index in [0.29, 0.717) is 6.61 Å². The summed E-state index contributed by atoms with van der Waals surface area (Å²) in [6.07, 6.45) is 3.57. The Bertz CT molecular complexity index is 587. The Balaban J connectivity index is 2.19. The number of hydrogen-bond acceptors (Lipinski definition) is 2. The van der Waals surface area contributed by atoms with Crippen LogP contribution in [0.3, 0.4) is 0 Å². The highest BCUT2D eigenvalue weighted by Crippen LogP contribution is 2.30. The smallest absolute Gasteiger partial charge is 0.126 e. The number of aryl methyl sites for hydroxylation is 1. The van der Waals surface area contributed by atoms with Crippen LogP contribution in [0.15, 0.2) is 39.5 Å². The molecule has 0 N–H and O–H groups in total. The van der Waals surface area contributed by atoms with E-state index < -0.39 is 0 Å². The van der Waals surface area contributed by atoms with Crippen molar-refractivity contribution in [3.63, 3.8) is 0 Å². The molecule has 0 saturated carbocycles. The highest BCUT2D eigenvalue weighted by atomic mass is 79.9. The van der Waals surface area contributed by atoms with Crippen LogP contribution in [0.25, 0.3) is 0 Å². The predicted octanol–water partition coefficient (Wildman–Crippen LogP) is 5.39. The maximum absolute atomic E-state index is 5.94. The second-order valence-corrected chi connectivity index (χ2v) is 6.54. The van der Waals surface area contributed by atoms with Crippen molar-refractivity contribution in [1.82, 2.24) is 4.98 Å². The Labute approximate surface area is 138 Å². The molecule has 0 bridgehead atoms. The lowest BCUT2D eigenvalue weighted by Crippen LogP contribution is -2.00. The number of nitrogens with zero attached hydrogens (tertiary/aromatic N) is 1. The van der Waals surface area contributed by atoms with Gasteiger partial charge in [-0.25, -0.2) is 0 Å². The second-order valence-electron chi connectivity index (χ2n) is 4.14. The minimum Gasteiger partial charge on any atom is -0.488 e. The maximum atomic E-state index is 5.94. The third kappa shape index (κ3) is 4.04. The van der Waals surface area contributed by atoms with Gasteiger partial charge >= 0.3 is 0 Å². The van der Waals surface area contributed by atoms with Crippen molar-refractivity contribution in [2.75, 3.05) is 0 Å². The highest BCUT2D eigenvalue weighted by molar-refractivity contribution is 9.10. The molecule has 2 aromatic rings. The quantitative estimate of drug-likeness (QED) is 0.584. The first-order chi connectivity index (χ1) is 9.10. The summed E-state index contributed by atoms with van der Waals surface area (Å²) in [5, 5.41) is 0.763. The molecule has 0 radical (unpaired) electrons. The van der Waals surface area contributed by atoms with E-state index in [1.165, 1.54) is 0 Å². The largest absolute Gasteiger partial charge is 0.488 e. The molecule has 0 unspecified atom stereocenters. The molecule has 0 fully saturated rings. The number of aromatic nitrogens is 1. The van der Waals surface area contributed by atoms with E-state index in [9.17, 15) is 0 Å². The van der Waals surface area contributed by atoms with Gasteiger partial charge in [-0.2, -0.15) is 0 Å². The third-order valence-electron chi connectivity index (χ3n) is 2.60. The van der Waals surface area contributed by atoms with Crippen molar-refractivity contribution < 1.29 is 4.74 Å². The molecule has 1 heterocycles. The molecule has 0 aliphatic rings. The Morgan fingerprint density at radius 1 is 1.11 bits per heavy atom. The van der Waals surface area contributed by atoms with Crippen LogP contribution in [0.4, 0.5) is 0 Å². The number of rotatable bonds is 4. The predicted molar refractivity (Wildman–Crippen MR) is 87.8 cm³/mol. The molecule has 0 spiro atoms. The van der Waals surface area contributed by atoms with Crippen molar-refractivity contribution in [2.24, 2.45) is 0 Å². The highest BCUT2D eigenvalue weighted by Gasteiger charge is 2.08. The molecule has 19 heavy (non-hydrogen) atoms. The Morgan fingerprint density at radius 3 is 2.58 bits per heavy atom. The van der Waals surface area contributed by atoms with Crippen LogP contribution in [0.1, 0.15) is 16.7 Å². The van der Waals surface area contributed by atoms with E-state index in [4.69, 9.17) is 4.74 Å². The summed E-state index contributed by atoms with van der Waals surface area (Å²) in [7, 11) is 0. The Kier molecular flexibility index (Phi) is 5.42. The Morgan fingerprint density at radius 2 is 1.89 bits per heavy atom. The minimum absolute atomic E-state index is 0.509. The molecule has 0 saturated heterocycles. The van der Waals surface area contributed by atoms with Crippen molar-refractivity contribution in [3.8, 4) is 5.75 Å². The summed E-state index contributed by atoms with van der Waals surface area (Å²) in [5.41, 5.74) is 3.29. The van der Waals surface area contributed by atoms with Gasteiger partial charge < -0.3 is 4.74 Å². The van der Waals surface area contributed by atoms with Crippen molar-refractivity contribution in [2.45, 2.75) is 18.9 Å². The van der Waals surface area contributed by atoms with Crippen LogP contribution in [-0.4, -0.2) is 4.98 Å². The van der Waals surface area contributed by atoms with Gasteiger partial charge in [0.1, 0.15) is 12.4 Å². The lowest BCUT2D eigenvalue weighted by molar-refractivity contribution is 0.301. The zero-order valence-electron chi connectivity index (χ0n) is 10.3. The zero-order chi connectivity index (χ0) is 13.8. The fourth-order valence-electron chi connectivity index (χ4n) is 1.80. The topological polar surface area (TPSA) is 22.1 Å². The number of hydrogen-bond donors (Lipinski definition) is 0. The van der Waals surface area contributed by atoms with Gasteiger partial charge in [0.25, 0.3) is 0 Å². The summed E-state index contributed by atoms with van der Waals surface area (Å²) >= 11 is 10.4. The summed E-state index contributed by atoms with van der Waals surface area (Å²) in [6, 6.07) is 6.13. The van der Waals surface area contributed by atoms with E-state index in [0.717, 1.165) is 36.7 Å². The van der Waals surface area contributed by atoms with Crippen LogP contribution in [-0.2, 0) is 11.9 Å². The average molecular weight is 450 g/mol. The molecule has 2 nitrogen and oxygen atoms in total. The molecular weight excluding hydrogens is 438 g/mol. The van der Waals surface area contributed by atoms with Gasteiger partial charge in [0.05, 0.1) is 0 Å². The summed E-state index contributed by atoms with van der Waals surface area (Å²) in [6.45, 7) is 2.56. The number of pyridine rings is 1. The van der Waals surface area contributed by atoms with E-state index in [1.807, 2.05) is 19.2 Å². The molecule has 1 aromatic heterocycles. The second kappa shape index (κ2) is 6.86. The average Bonchev–Trinajstić information content (AvgIpc) is 2.37. The van der Waals surface area contributed by atoms with Crippen molar-refractivity contribution in [3.05, 3.63) is 56.2 Å². The zero-order valence-corrected chi connectivity index (χ0v) is 15.0. The molecular formula is C14H12Br3NO. The first kappa shape index (κ1) is 15.0. The SMILES string of the molecule is Cc1cc(Br)cc(CBr)c1OCc1cncc(Br)c1. The maximum Gasteiger partial charge on any atom is 0.126 e. The molecule has 0 atom stereocenters. The number of halogens is 3. The molecule has 0 aliphatic carbocycles. The molecule has 0 amide bonds. The van der Waals surface area contributed by atoms with Crippen molar-refractivity contribution in [1.29, 1.82) is 0 Å². The van der Waals surface area contributed by atoms with E-state index in [1.54, 1.807) is 6.20 Å². The van der Waals surface area contributed by atoms with Gasteiger partial charge in [-0.15, -0.1) is 0 Å². The normalized spacial score (nSPS) is 10.5. The van der Waals surface area contributed by atoms with Crippen LogP contribution in [0.5, 0.6) is 5.75 Å². The fourth-order valence-corrected chi connectivity index (χ4v) is 3.24. The monoisotopic (exact) mass is 447 g/mol. The van der Waals surface area contributed by atoms with Gasteiger partial charge in [-0.05, 0) is 46.6 Å². The lowest BCUT2D eigenvalue weighted by Gasteiger charge is -2.13. The number of benzene rings is 1. The lowest BCUT2D eigenvalue weighted by atomic mass is 10.1. The number of alkyl halides is 1. The van der Waals surface area contributed by atoms with Gasteiger partial charge in [-0.3, -0.25) is 4.98 Å². The first-order valence-corrected chi connectivity index (χ1v) is 8.38. The third-order valence-corrected chi connectivity index (χ3v) is 4.10. The van der Waals surface area contributed by atoms with Gasteiger partial charge in [0.2, 0.25) is 0 Å². The van der Waals surface area contributed by atoms with E-state index in [2.05, 4.69) is 64.9 Å². The van der Waals surface area contributed by atoms with E-state index >= 15 is 0 Å². The van der Waals surface area contributed by atoms with Crippen molar-refractivity contribution >= 4 is 47.8 Å². The summed E-state index contributed by atoms with van der Waals surface area (Å²) in [5.74, 6) is 0.931. The number of ether oxygens (including phenoxy) is 1. The standard InChI is InChI=1S/C14H12Br3NO/c1-9-2-12(16)4-11(5-15)14(9)19-8-10-3-13(17)7-18-6-10/h2-4,6-7H,5,8H2,1H3. The molecule has 5 heteroatoms. The summed E-state index contributed by atoms with van der Waals surface area (Å²) in [4.78, 5) is 4.13. The van der Waals surface area contributed by atoms with Crippen LogP contribution in [0.2, 0.25) is 0 Å². The van der Waals surface area contributed by atoms with Crippen LogP contribution < -0.4 is 4.74 Å². The van der Waals surface area contributed by atoms with Crippen LogP contribution >= 0.6 is 47.8 Å².